The van der Waals surface area contributed by atoms with E-state index in [4.69, 9.17) is 4.42 Å². The lowest BCUT2D eigenvalue weighted by molar-refractivity contribution is -0.122. The predicted octanol–water partition coefficient (Wildman–Crippen LogP) is 1.63. The van der Waals surface area contributed by atoms with Gasteiger partial charge in [-0.15, -0.1) is 0 Å². The highest BCUT2D eigenvalue weighted by Crippen LogP contribution is 2.26. The molecule has 0 aliphatic heterocycles. The fourth-order valence-corrected chi connectivity index (χ4v) is 1.66. The van der Waals surface area contributed by atoms with Crippen LogP contribution in [0.4, 0.5) is 0 Å². The molecule has 0 radical (unpaired) electrons. The Morgan fingerprint density at radius 1 is 1.56 bits per heavy atom. The summed E-state index contributed by atoms with van der Waals surface area (Å²) >= 11 is 0. The zero-order chi connectivity index (χ0) is 12.3. The second-order valence-corrected chi connectivity index (χ2v) is 4.23. The molecule has 90 valence electrons. The van der Waals surface area contributed by atoms with E-state index in [0.717, 1.165) is 11.3 Å². The summed E-state index contributed by atoms with van der Waals surface area (Å²) in [6.45, 7) is 7.27. The van der Waals surface area contributed by atoms with Crippen LogP contribution in [-0.2, 0) is 10.4 Å². The minimum absolute atomic E-state index is 0.0712. The molecule has 0 saturated carbocycles. The van der Waals surface area contributed by atoms with Gasteiger partial charge < -0.3 is 14.8 Å². The molecule has 2 N–H and O–H groups in total. The van der Waals surface area contributed by atoms with Crippen molar-refractivity contribution in [2.24, 2.45) is 0 Å². The largest absolute Gasteiger partial charge is 0.466 e. The molecular weight excluding hydrogens is 206 g/mol. The molecule has 16 heavy (non-hydrogen) atoms. The van der Waals surface area contributed by atoms with Crippen LogP contribution in [0.15, 0.2) is 10.5 Å². The van der Waals surface area contributed by atoms with Gasteiger partial charge in [-0.1, -0.05) is 6.92 Å². The molecule has 0 aliphatic rings. The summed E-state index contributed by atoms with van der Waals surface area (Å²) in [7, 11) is 0. The Morgan fingerprint density at radius 2 is 2.19 bits per heavy atom. The number of hydrogen-bond acceptors (Lipinski definition) is 3. The van der Waals surface area contributed by atoms with Gasteiger partial charge in [-0.2, -0.15) is 0 Å². The minimum Gasteiger partial charge on any atom is -0.466 e. The lowest BCUT2D eigenvalue weighted by atomic mass is 9.96. The molecule has 1 aromatic heterocycles. The Balaban J connectivity index is 2.77. The SMILES string of the molecule is CCC(=O)NCC(C)(O)c1cc(C)oc1C. The maximum atomic E-state index is 11.1. The first kappa shape index (κ1) is 12.8. The van der Waals surface area contributed by atoms with E-state index in [1.54, 1.807) is 26.8 Å². The Bertz CT molecular complexity index is 380. The molecule has 0 saturated heterocycles. The van der Waals surface area contributed by atoms with Crippen molar-refractivity contribution in [1.82, 2.24) is 5.32 Å². The fraction of sp³-hybridized carbons (Fsp3) is 0.583. The summed E-state index contributed by atoms with van der Waals surface area (Å²) in [4.78, 5) is 11.1. The van der Waals surface area contributed by atoms with Crippen LogP contribution in [0.2, 0.25) is 0 Å². The van der Waals surface area contributed by atoms with Gasteiger partial charge in [0.05, 0.1) is 6.54 Å². The van der Waals surface area contributed by atoms with E-state index in [9.17, 15) is 9.90 Å². The highest BCUT2D eigenvalue weighted by atomic mass is 16.3. The third-order valence-electron chi connectivity index (χ3n) is 2.57. The van der Waals surface area contributed by atoms with Crippen molar-refractivity contribution < 1.29 is 14.3 Å². The number of aliphatic hydroxyl groups is 1. The van der Waals surface area contributed by atoms with E-state index >= 15 is 0 Å². The van der Waals surface area contributed by atoms with Crippen molar-refractivity contribution >= 4 is 5.91 Å². The lowest BCUT2D eigenvalue weighted by Gasteiger charge is -2.23. The highest BCUT2D eigenvalue weighted by molar-refractivity contribution is 5.75. The highest BCUT2D eigenvalue weighted by Gasteiger charge is 2.27. The van der Waals surface area contributed by atoms with Gasteiger partial charge in [0.25, 0.3) is 0 Å². The summed E-state index contributed by atoms with van der Waals surface area (Å²) < 4.78 is 5.36. The zero-order valence-corrected chi connectivity index (χ0v) is 10.3. The van der Waals surface area contributed by atoms with E-state index in [2.05, 4.69) is 5.32 Å². The van der Waals surface area contributed by atoms with Gasteiger partial charge in [-0.3, -0.25) is 4.79 Å². The first-order valence-electron chi connectivity index (χ1n) is 5.43. The molecule has 1 heterocycles. The number of amides is 1. The molecule has 1 unspecified atom stereocenters. The quantitative estimate of drug-likeness (QED) is 0.818. The van der Waals surface area contributed by atoms with Crippen molar-refractivity contribution in [3.8, 4) is 0 Å². The molecule has 1 aromatic rings. The van der Waals surface area contributed by atoms with Gasteiger partial charge in [-0.05, 0) is 26.8 Å². The number of carbonyl (C=O) groups excluding carboxylic acids is 1. The van der Waals surface area contributed by atoms with Crippen LogP contribution in [0, 0.1) is 13.8 Å². The van der Waals surface area contributed by atoms with E-state index in [-0.39, 0.29) is 12.5 Å². The average Bonchev–Trinajstić information content (AvgIpc) is 2.55. The lowest BCUT2D eigenvalue weighted by Crippen LogP contribution is -2.38. The van der Waals surface area contributed by atoms with Crippen molar-refractivity contribution in [3.63, 3.8) is 0 Å². The Labute approximate surface area is 95.7 Å². The summed E-state index contributed by atoms with van der Waals surface area (Å²) in [6.07, 6.45) is 0.416. The number of rotatable bonds is 4. The molecule has 0 aliphatic carbocycles. The van der Waals surface area contributed by atoms with Crippen molar-refractivity contribution in [2.75, 3.05) is 6.54 Å². The van der Waals surface area contributed by atoms with Gasteiger partial charge in [0, 0.05) is 12.0 Å². The van der Waals surface area contributed by atoms with Crippen LogP contribution in [0.1, 0.15) is 37.4 Å². The average molecular weight is 225 g/mol. The molecule has 1 amide bonds. The Hall–Kier alpha value is -1.29. The monoisotopic (exact) mass is 225 g/mol. The maximum Gasteiger partial charge on any atom is 0.219 e. The summed E-state index contributed by atoms with van der Waals surface area (Å²) in [6, 6.07) is 1.80. The third kappa shape index (κ3) is 2.85. The Morgan fingerprint density at radius 3 is 2.62 bits per heavy atom. The number of nitrogens with one attached hydrogen (secondary N) is 1. The predicted molar refractivity (Wildman–Crippen MR) is 61.1 cm³/mol. The number of aryl methyl sites for hydroxylation is 2. The van der Waals surface area contributed by atoms with Crippen LogP contribution in [0.3, 0.4) is 0 Å². The van der Waals surface area contributed by atoms with Crippen molar-refractivity contribution in [3.05, 3.63) is 23.2 Å². The summed E-state index contributed by atoms with van der Waals surface area (Å²) in [5, 5.41) is 12.9. The minimum atomic E-state index is -1.09. The molecule has 0 aromatic carbocycles. The van der Waals surface area contributed by atoms with Crippen molar-refractivity contribution in [1.29, 1.82) is 0 Å². The number of furan rings is 1. The second-order valence-electron chi connectivity index (χ2n) is 4.23. The first-order chi connectivity index (χ1) is 7.36. The molecular formula is C12H19NO3. The van der Waals surface area contributed by atoms with Crippen LogP contribution in [-0.4, -0.2) is 17.6 Å². The van der Waals surface area contributed by atoms with E-state index in [1.165, 1.54) is 0 Å². The topological polar surface area (TPSA) is 62.5 Å². The molecule has 4 nitrogen and oxygen atoms in total. The normalized spacial score (nSPS) is 14.6. The molecule has 1 rings (SSSR count). The number of carbonyl (C=O) groups is 1. The first-order valence-corrected chi connectivity index (χ1v) is 5.43. The van der Waals surface area contributed by atoms with Crippen LogP contribution in [0.25, 0.3) is 0 Å². The number of hydrogen-bond donors (Lipinski definition) is 2. The van der Waals surface area contributed by atoms with E-state index in [0.29, 0.717) is 12.2 Å². The zero-order valence-electron chi connectivity index (χ0n) is 10.3. The smallest absolute Gasteiger partial charge is 0.219 e. The van der Waals surface area contributed by atoms with E-state index < -0.39 is 5.60 Å². The van der Waals surface area contributed by atoms with Crippen LogP contribution in [0.5, 0.6) is 0 Å². The second kappa shape index (κ2) is 4.70. The van der Waals surface area contributed by atoms with Gasteiger partial charge >= 0.3 is 0 Å². The van der Waals surface area contributed by atoms with Crippen LogP contribution < -0.4 is 5.32 Å². The summed E-state index contributed by atoms with van der Waals surface area (Å²) in [5.41, 5.74) is -0.367. The molecule has 1 atom stereocenters. The molecule has 0 fully saturated rings. The molecule has 0 bridgehead atoms. The standard InChI is InChI=1S/C12H19NO3/c1-5-11(14)13-7-12(4,15)10-6-8(2)16-9(10)3/h6,15H,5,7H2,1-4H3,(H,13,14). The summed E-state index contributed by atoms with van der Waals surface area (Å²) in [5.74, 6) is 1.38. The van der Waals surface area contributed by atoms with Crippen LogP contribution >= 0.6 is 0 Å². The fourth-order valence-electron chi connectivity index (χ4n) is 1.66. The Kier molecular flexibility index (Phi) is 3.75. The maximum absolute atomic E-state index is 11.1. The third-order valence-corrected chi connectivity index (χ3v) is 2.57. The molecule has 4 heteroatoms. The van der Waals surface area contributed by atoms with Gasteiger partial charge in [0.2, 0.25) is 5.91 Å². The van der Waals surface area contributed by atoms with Gasteiger partial charge in [0.15, 0.2) is 0 Å². The molecule has 0 spiro atoms. The van der Waals surface area contributed by atoms with Crippen molar-refractivity contribution in [2.45, 2.75) is 39.7 Å². The van der Waals surface area contributed by atoms with Gasteiger partial charge in [-0.25, -0.2) is 0 Å². The van der Waals surface area contributed by atoms with E-state index in [1.807, 2.05) is 6.92 Å². The van der Waals surface area contributed by atoms with Gasteiger partial charge in [0.1, 0.15) is 17.1 Å².